The second-order valence-electron chi connectivity index (χ2n) is 4.50. The van der Waals surface area contributed by atoms with E-state index in [0.717, 1.165) is 5.69 Å². The molecule has 1 unspecified atom stereocenters. The van der Waals surface area contributed by atoms with Gasteiger partial charge in [-0.15, -0.1) is 0 Å². The lowest BCUT2D eigenvalue weighted by Crippen LogP contribution is -2.38. The number of hydrogen-bond donors (Lipinski definition) is 1. The smallest absolute Gasteiger partial charge is 0.224 e. The number of para-hydroxylation sites is 2. The zero-order valence-electron chi connectivity index (χ0n) is 11.0. The third-order valence-corrected chi connectivity index (χ3v) is 3.83. The lowest BCUT2D eigenvalue weighted by molar-refractivity contribution is 0.0789. The summed E-state index contributed by atoms with van der Waals surface area (Å²) >= 11 is 3.38. The van der Waals surface area contributed by atoms with E-state index in [2.05, 4.69) is 26.3 Å². The number of aryl methyl sites for hydroxylation is 1. The van der Waals surface area contributed by atoms with E-state index in [-0.39, 0.29) is 5.78 Å². The van der Waals surface area contributed by atoms with Gasteiger partial charge in [0.05, 0.1) is 22.9 Å². The van der Waals surface area contributed by atoms with Crippen molar-refractivity contribution in [1.82, 2.24) is 9.78 Å². The topological polar surface area (TPSA) is 56.2 Å². The molecule has 0 saturated carbocycles. The number of aromatic nitrogens is 2. The fourth-order valence-corrected chi connectivity index (χ4v) is 2.75. The van der Waals surface area contributed by atoms with Crippen LogP contribution in [0, 0.1) is 0 Å². The molecule has 1 atom stereocenters. The Morgan fingerprint density at radius 3 is 3.15 bits per heavy atom. The number of nitrogens with zero attached hydrogens (tertiary/aromatic N) is 2. The van der Waals surface area contributed by atoms with Gasteiger partial charge in [0.15, 0.2) is 6.10 Å². The Morgan fingerprint density at radius 2 is 2.35 bits per heavy atom. The van der Waals surface area contributed by atoms with Crippen LogP contribution in [-0.2, 0) is 6.54 Å². The van der Waals surface area contributed by atoms with Crippen molar-refractivity contribution in [1.29, 1.82) is 0 Å². The molecule has 104 valence electrons. The Bertz CT molecular complexity index is 654. The van der Waals surface area contributed by atoms with E-state index in [1.54, 1.807) is 10.9 Å². The predicted octanol–water partition coefficient (Wildman–Crippen LogP) is 2.72. The third-order valence-electron chi connectivity index (χ3n) is 3.25. The minimum atomic E-state index is -0.539. The molecule has 1 N–H and O–H groups in total. The summed E-state index contributed by atoms with van der Waals surface area (Å²) < 4.78 is 8.18. The molecule has 1 aliphatic heterocycles. The predicted molar refractivity (Wildman–Crippen MR) is 79.3 cm³/mol. The number of Topliss-reactive ketones (excluding diaryl/α,β-unsaturated/α-hetero) is 1. The maximum atomic E-state index is 12.6. The van der Waals surface area contributed by atoms with Crippen LogP contribution in [-0.4, -0.2) is 28.2 Å². The lowest BCUT2D eigenvalue weighted by atomic mass is 10.1. The number of carbonyl (C=O) groups excluding carboxylic acids is 1. The van der Waals surface area contributed by atoms with E-state index in [0.29, 0.717) is 29.0 Å². The number of ketones is 1. The second kappa shape index (κ2) is 5.28. The van der Waals surface area contributed by atoms with Crippen LogP contribution in [0.2, 0.25) is 0 Å². The van der Waals surface area contributed by atoms with Crippen LogP contribution in [0.15, 0.2) is 34.9 Å². The Balaban J connectivity index is 1.88. The number of fused-ring (bicyclic) bond motifs is 1. The first kappa shape index (κ1) is 13.2. The number of ether oxygens (including phenoxy) is 1. The molecule has 20 heavy (non-hydrogen) atoms. The van der Waals surface area contributed by atoms with Gasteiger partial charge in [0, 0.05) is 6.54 Å². The number of halogens is 1. The van der Waals surface area contributed by atoms with Crippen LogP contribution in [0.1, 0.15) is 17.4 Å². The maximum Gasteiger partial charge on any atom is 0.224 e. The fraction of sp³-hybridized carbons (Fsp3) is 0.286. The minimum absolute atomic E-state index is 0.0711. The van der Waals surface area contributed by atoms with Gasteiger partial charge in [0.2, 0.25) is 5.78 Å². The van der Waals surface area contributed by atoms with Crippen molar-refractivity contribution in [3.63, 3.8) is 0 Å². The summed E-state index contributed by atoms with van der Waals surface area (Å²) in [6.45, 7) is 3.05. The summed E-state index contributed by atoms with van der Waals surface area (Å²) in [6, 6.07) is 7.61. The van der Waals surface area contributed by atoms with E-state index in [4.69, 9.17) is 4.74 Å². The summed E-state index contributed by atoms with van der Waals surface area (Å²) in [7, 11) is 0. The molecule has 1 aromatic heterocycles. The molecular formula is C14H14BrN3O2. The Labute approximate surface area is 125 Å². The first-order valence-corrected chi connectivity index (χ1v) is 7.25. The molecular weight excluding hydrogens is 322 g/mol. The molecule has 0 bridgehead atoms. The highest BCUT2D eigenvalue weighted by atomic mass is 79.9. The van der Waals surface area contributed by atoms with E-state index in [9.17, 15) is 4.79 Å². The van der Waals surface area contributed by atoms with Crippen molar-refractivity contribution in [3.8, 4) is 5.75 Å². The number of hydrogen-bond acceptors (Lipinski definition) is 4. The first-order chi connectivity index (χ1) is 9.70. The molecule has 0 amide bonds. The van der Waals surface area contributed by atoms with Gasteiger partial charge in [0.25, 0.3) is 0 Å². The van der Waals surface area contributed by atoms with Crippen molar-refractivity contribution >= 4 is 27.4 Å². The SMILES string of the molecule is CCn1ncc(Br)c1C(=O)C1CNc2ccccc2O1. The van der Waals surface area contributed by atoms with E-state index in [1.165, 1.54) is 0 Å². The van der Waals surface area contributed by atoms with E-state index in [1.807, 2.05) is 31.2 Å². The molecule has 2 aromatic rings. The molecule has 0 saturated heterocycles. The average Bonchev–Trinajstić information content (AvgIpc) is 2.87. The summed E-state index contributed by atoms with van der Waals surface area (Å²) in [5, 5.41) is 7.39. The number of rotatable bonds is 3. The van der Waals surface area contributed by atoms with Crippen molar-refractivity contribution in [3.05, 3.63) is 40.6 Å². The van der Waals surface area contributed by atoms with Gasteiger partial charge in [-0.05, 0) is 35.0 Å². The summed E-state index contributed by atoms with van der Waals surface area (Å²) in [5.41, 5.74) is 1.47. The molecule has 5 nitrogen and oxygen atoms in total. The van der Waals surface area contributed by atoms with Crippen LogP contribution in [0.4, 0.5) is 5.69 Å². The summed E-state index contributed by atoms with van der Waals surface area (Å²) in [4.78, 5) is 12.6. The normalized spacial score (nSPS) is 17.0. The van der Waals surface area contributed by atoms with E-state index < -0.39 is 6.10 Å². The van der Waals surface area contributed by atoms with E-state index >= 15 is 0 Å². The first-order valence-electron chi connectivity index (χ1n) is 6.45. The van der Waals surface area contributed by atoms with Crippen molar-refractivity contribution in [2.45, 2.75) is 19.6 Å². The molecule has 2 heterocycles. The third kappa shape index (κ3) is 2.20. The molecule has 0 aliphatic carbocycles. The van der Waals surface area contributed by atoms with Gasteiger partial charge in [-0.2, -0.15) is 5.10 Å². The van der Waals surface area contributed by atoms with Crippen molar-refractivity contribution in [2.24, 2.45) is 0 Å². The van der Waals surface area contributed by atoms with Crippen LogP contribution in [0.3, 0.4) is 0 Å². The zero-order chi connectivity index (χ0) is 14.1. The summed E-state index contributed by atoms with van der Waals surface area (Å²) in [6.07, 6.45) is 1.10. The molecule has 6 heteroatoms. The van der Waals surface area contributed by atoms with Crippen LogP contribution >= 0.6 is 15.9 Å². The number of nitrogens with one attached hydrogen (secondary N) is 1. The molecule has 3 rings (SSSR count). The second-order valence-corrected chi connectivity index (χ2v) is 5.36. The van der Waals surface area contributed by atoms with Crippen LogP contribution in [0.5, 0.6) is 5.75 Å². The Hall–Kier alpha value is -1.82. The maximum absolute atomic E-state index is 12.6. The van der Waals surface area contributed by atoms with Gasteiger partial charge in [0.1, 0.15) is 11.4 Å². The van der Waals surface area contributed by atoms with Gasteiger partial charge in [-0.25, -0.2) is 0 Å². The van der Waals surface area contributed by atoms with Gasteiger partial charge >= 0.3 is 0 Å². The number of benzene rings is 1. The van der Waals surface area contributed by atoms with Gasteiger partial charge in [-0.3, -0.25) is 9.48 Å². The Morgan fingerprint density at radius 1 is 1.55 bits per heavy atom. The number of anilines is 1. The molecule has 0 radical (unpaired) electrons. The fourth-order valence-electron chi connectivity index (χ4n) is 2.26. The summed E-state index contributed by atoms with van der Waals surface area (Å²) in [5.74, 6) is 0.633. The standard InChI is InChI=1S/C14H14BrN3O2/c1-2-18-13(9(15)7-17-18)14(19)12-8-16-10-5-3-4-6-11(10)20-12/h3-7,12,16H,2,8H2,1H3. The van der Waals surface area contributed by atoms with Gasteiger partial charge in [-0.1, -0.05) is 12.1 Å². The Kier molecular flexibility index (Phi) is 3.48. The van der Waals surface area contributed by atoms with Crippen LogP contribution < -0.4 is 10.1 Å². The lowest BCUT2D eigenvalue weighted by Gasteiger charge is -2.26. The zero-order valence-corrected chi connectivity index (χ0v) is 12.6. The highest BCUT2D eigenvalue weighted by Gasteiger charge is 2.30. The molecule has 1 aromatic carbocycles. The minimum Gasteiger partial charge on any atom is -0.478 e. The number of carbonyl (C=O) groups is 1. The molecule has 0 fully saturated rings. The molecule has 0 spiro atoms. The quantitative estimate of drug-likeness (QED) is 0.876. The largest absolute Gasteiger partial charge is 0.478 e. The van der Waals surface area contributed by atoms with Crippen molar-refractivity contribution < 1.29 is 9.53 Å². The highest BCUT2D eigenvalue weighted by molar-refractivity contribution is 9.10. The van der Waals surface area contributed by atoms with Crippen molar-refractivity contribution in [2.75, 3.05) is 11.9 Å². The monoisotopic (exact) mass is 335 g/mol. The average molecular weight is 336 g/mol. The molecule has 1 aliphatic rings. The van der Waals surface area contributed by atoms with Crippen LogP contribution in [0.25, 0.3) is 0 Å². The van der Waals surface area contributed by atoms with Gasteiger partial charge < -0.3 is 10.1 Å². The highest BCUT2D eigenvalue weighted by Crippen LogP contribution is 2.30.